The molecule has 0 amide bonds. The molecule has 0 radical (unpaired) electrons. The van der Waals surface area contributed by atoms with E-state index >= 15 is 0 Å². The fourth-order valence-electron chi connectivity index (χ4n) is 8.78. The van der Waals surface area contributed by atoms with Crippen molar-refractivity contribution in [1.82, 2.24) is 0 Å². The summed E-state index contributed by atoms with van der Waals surface area (Å²) in [4.78, 5) is 0. The Morgan fingerprint density at radius 1 is 0.415 bits per heavy atom. The minimum Gasteiger partial charge on any atom is -0.381 e. The Kier molecular flexibility index (Phi) is 23.3. The van der Waals surface area contributed by atoms with Gasteiger partial charge < -0.3 is 4.74 Å². The van der Waals surface area contributed by atoms with Gasteiger partial charge in [-0.15, -0.1) is 0 Å². The van der Waals surface area contributed by atoms with Crippen molar-refractivity contribution in [3.63, 3.8) is 0 Å². The molecule has 2 atom stereocenters. The van der Waals surface area contributed by atoms with Gasteiger partial charge in [-0.05, 0) is 163 Å². The lowest BCUT2D eigenvalue weighted by atomic mass is 9.84. The molecule has 2 aliphatic carbocycles. The van der Waals surface area contributed by atoms with Crippen molar-refractivity contribution < 1.29 is 4.74 Å². The predicted molar refractivity (Wildman–Crippen MR) is 233 cm³/mol. The first-order valence-corrected chi connectivity index (χ1v) is 23.3. The molecule has 0 saturated heterocycles. The van der Waals surface area contributed by atoms with E-state index in [-0.39, 0.29) is 0 Å². The third-order valence-corrected chi connectivity index (χ3v) is 12.7. The number of hydrogen-bond donors (Lipinski definition) is 0. The van der Waals surface area contributed by atoms with Crippen LogP contribution in [-0.2, 0) is 30.4 Å². The van der Waals surface area contributed by atoms with E-state index in [1.54, 1.807) is 11.1 Å². The van der Waals surface area contributed by atoms with Gasteiger partial charge in [0.05, 0.1) is 0 Å². The van der Waals surface area contributed by atoms with Crippen LogP contribution in [0.25, 0.3) is 0 Å². The average Bonchev–Trinajstić information content (AvgIpc) is 3.20. The molecule has 0 fully saturated rings. The molecule has 0 aliphatic heterocycles. The van der Waals surface area contributed by atoms with Crippen molar-refractivity contribution in [1.29, 1.82) is 0 Å². The van der Waals surface area contributed by atoms with Gasteiger partial charge in [0.1, 0.15) is 0 Å². The normalized spacial score (nSPS) is 17.5. The van der Waals surface area contributed by atoms with Crippen molar-refractivity contribution in [3.05, 3.63) is 94.1 Å². The summed E-state index contributed by atoms with van der Waals surface area (Å²) in [6.45, 7) is 6.50. The van der Waals surface area contributed by atoms with Crippen LogP contribution in [0.3, 0.4) is 0 Å². The quantitative estimate of drug-likeness (QED) is 0.0576. The van der Waals surface area contributed by atoms with Gasteiger partial charge in [0.25, 0.3) is 0 Å². The van der Waals surface area contributed by atoms with Crippen LogP contribution < -0.4 is 0 Å². The Balaban J connectivity index is 0.912. The molecule has 296 valence electrons. The van der Waals surface area contributed by atoms with Gasteiger partial charge in [0, 0.05) is 13.2 Å². The van der Waals surface area contributed by atoms with Crippen molar-refractivity contribution >= 4 is 0 Å². The van der Waals surface area contributed by atoms with Crippen LogP contribution in [0.4, 0.5) is 0 Å². The lowest BCUT2D eigenvalue weighted by molar-refractivity contribution is 0.126. The highest BCUT2D eigenvalue weighted by atomic mass is 16.5. The van der Waals surface area contributed by atoms with Gasteiger partial charge in [-0.1, -0.05) is 150 Å². The molecule has 0 aromatic heterocycles. The first kappa shape index (κ1) is 43.6. The van der Waals surface area contributed by atoms with Gasteiger partial charge >= 0.3 is 0 Å². The van der Waals surface area contributed by atoms with E-state index in [1.807, 2.05) is 0 Å². The lowest BCUT2D eigenvalue weighted by Crippen LogP contribution is -2.07. The molecule has 4 rings (SSSR count). The average molecular weight is 723 g/mol. The summed E-state index contributed by atoms with van der Waals surface area (Å²) in [6, 6.07) is 19.2. The lowest BCUT2D eigenvalue weighted by Gasteiger charge is -2.22. The summed E-state index contributed by atoms with van der Waals surface area (Å²) < 4.78 is 6.02. The Bertz CT molecular complexity index is 1140. The number of ether oxygens (including phenoxy) is 1. The van der Waals surface area contributed by atoms with Gasteiger partial charge in [0.15, 0.2) is 0 Å². The molecule has 53 heavy (non-hydrogen) atoms. The van der Waals surface area contributed by atoms with Crippen molar-refractivity contribution in [2.24, 2.45) is 11.8 Å². The minimum absolute atomic E-state index is 0.885. The Labute approximate surface area is 329 Å². The summed E-state index contributed by atoms with van der Waals surface area (Å²) in [7, 11) is 0. The van der Waals surface area contributed by atoms with Crippen molar-refractivity contribution in [3.8, 4) is 0 Å². The van der Waals surface area contributed by atoms with Gasteiger partial charge in [-0.3, -0.25) is 0 Å². The number of benzene rings is 2. The second-order valence-corrected chi connectivity index (χ2v) is 17.3. The second-order valence-electron chi connectivity index (χ2n) is 17.3. The maximum Gasteiger partial charge on any atom is 0.0466 e. The number of allylic oxidation sites excluding steroid dienone is 4. The Hall–Kier alpha value is -2.12. The van der Waals surface area contributed by atoms with E-state index in [1.165, 1.54) is 215 Å². The summed E-state index contributed by atoms with van der Waals surface area (Å²) in [5.41, 5.74) is 9.60. The molecular weight excluding hydrogens is 641 g/mol. The van der Waals surface area contributed by atoms with E-state index in [0.29, 0.717) is 0 Å². The zero-order valence-electron chi connectivity index (χ0n) is 35.0. The topological polar surface area (TPSA) is 9.23 Å². The van der Waals surface area contributed by atoms with E-state index < -0.39 is 0 Å². The second kappa shape index (κ2) is 28.3. The highest BCUT2D eigenvalue weighted by Gasteiger charge is 2.16. The van der Waals surface area contributed by atoms with Crippen LogP contribution in [0.2, 0.25) is 0 Å². The summed E-state index contributed by atoms with van der Waals surface area (Å²) >= 11 is 0. The fraction of sp³-hybridized carbons (Fsp3) is 0.692. The Morgan fingerprint density at radius 2 is 0.774 bits per heavy atom. The van der Waals surface area contributed by atoms with E-state index in [0.717, 1.165) is 25.0 Å². The monoisotopic (exact) mass is 723 g/mol. The smallest absolute Gasteiger partial charge is 0.0466 e. The molecule has 0 spiro atoms. The van der Waals surface area contributed by atoms with Crippen LogP contribution in [0, 0.1) is 11.8 Å². The van der Waals surface area contributed by atoms with Crippen LogP contribution in [-0.4, -0.2) is 13.2 Å². The van der Waals surface area contributed by atoms with Crippen LogP contribution in [0.5, 0.6) is 0 Å². The van der Waals surface area contributed by atoms with Gasteiger partial charge in [0.2, 0.25) is 0 Å². The zero-order chi connectivity index (χ0) is 37.0. The van der Waals surface area contributed by atoms with Crippen molar-refractivity contribution in [2.75, 3.05) is 13.2 Å². The van der Waals surface area contributed by atoms with Crippen LogP contribution in [0.15, 0.2) is 71.8 Å². The highest BCUT2D eigenvalue weighted by Crippen LogP contribution is 2.31. The molecule has 2 aromatic rings. The zero-order valence-corrected chi connectivity index (χ0v) is 35.0. The molecule has 1 heteroatoms. The van der Waals surface area contributed by atoms with Gasteiger partial charge in [-0.25, -0.2) is 0 Å². The SMILES string of the molecule is CCCCCCCc1ccc(CCC2CC=C(CCCCCOCCCCCC3=CCC(CCc4ccc(CCCCCCC)cc4)CC3)CC2)cc1. The van der Waals surface area contributed by atoms with E-state index in [2.05, 4.69) is 74.5 Å². The standard InChI is InChI=1S/C52H82O/c1-3-5-7-9-13-19-45-23-31-49(32-24-45)39-41-51-35-27-47(28-36-51)21-15-11-17-43-53-44-18-12-16-22-48-29-37-52(38-30-48)42-40-50-33-25-46(26-34-50)20-14-10-8-6-4-2/h23-27,29,31-34,51-52H,3-22,28,30,35-44H2,1-2H3. The minimum atomic E-state index is 0.885. The number of rotatable bonds is 30. The number of hydrogen-bond acceptors (Lipinski definition) is 1. The molecule has 2 aromatic carbocycles. The van der Waals surface area contributed by atoms with Crippen LogP contribution >= 0.6 is 0 Å². The highest BCUT2D eigenvalue weighted by molar-refractivity contribution is 5.24. The summed E-state index contributed by atoms with van der Waals surface area (Å²) in [6.07, 6.45) is 45.1. The first-order valence-electron chi connectivity index (χ1n) is 23.3. The molecular formula is C52H82O. The molecule has 2 aliphatic rings. The molecule has 0 saturated carbocycles. The van der Waals surface area contributed by atoms with Crippen molar-refractivity contribution in [2.45, 2.75) is 206 Å². The number of unbranched alkanes of at least 4 members (excludes halogenated alkanes) is 12. The summed E-state index contributed by atoms with van der Waals surface area (Å²) in [5.74, 6) is 1.77. The molecule has 0 N–H and O–H groups in total. The largest absolute Gasteiger partial charge is 0.381 e. The third kappa shape index (κ3) is 19.9. The maximum atomic E-state index is 6.02. The first-order chi connectivity index (χ1) is 26.2. The molecule has 0 bridgehead atoms. The molecule has 1 nitrogen and oxygen atoms in total. The molecule has 0 heterocycles. The van der Waals surface area contributed by atoms with E-state index in [4.69, 9.17) is 4.74 Å². The fourth-order valence-corrected chi connectivity index (χ4v) is 8.78. The number of aryl methyl sites for hydroxylation is 4. The summed E-state index contributed by atoms with van der Waals surface area (Å²) in [5, 5.41) is 0. The Morgan fingerprint density at radius 3 is 1.15 bits per heavy atom. The predicted octanol–water partition coefficient (Wildman–Crippen LogP) is 15.9. The van der Waals surface area contributed by atoms with Crippen LogP contribution in [0.1, 0.15) is 203 Å². The van der Waals surface area contributed by atoms with E-state index in [9.17, 15) is 0 Å². The third-order valence-electron chi connectivity index (χ3n) is 12.7. The maximum absolute atomic E-state index is 6.02. The molecule has 2 unspecified atom stereocenters. The van der Waals surface area contributed by atoms with Gasteiger partial charge in [-0.2, -0.15) is 0 Å².